The second-order valence-corrected chi connectivity index (χ2v) is 6.29. The minimum Gasteiger partial charge on any atom is -0.353 e. The van der Waals surface area contributed by atoms with Crippen molar-refractivity contribution < 1.29 is 0 Å². The number of nitrogens with zero attached hydrogens (tertiary/aromatic N) is 3. The summed E-state index contributed by atoms with van der Waals surface area (Å²) in [7, 11) is 0. The molecule has 0 unspecified atom stereocenters. The molecule has 3 nitrogen and oxygen atoms in total. The number of rotatable bonds is 5. The van der Waals surface area contributed by atoms with Crippen LogP contribution in [0.15, 0.2) is 6.07 Å². The Kier molecular flexibility index (Phi) is 5.03. The zero-order valence-corrected chi connectivity index (χ0v) is 13.0. The van der Waals surface area contributed by atoms with Crippen LogP contribution >= 0.6 is 11.6 Å². The van der Waals surface area contributed by atoms with Crippen molar-refractivity contribution >= 4 is 17.4 Å². The highest BCUT2D eigenvalue weighted by Gasteiger charge is 2.24. The highest BCUT2D eigenvalue weighted by Crippen LogP contribution is 2.28. The third-order valence-electron chi connectivity index (χ3n) is 3.82. The molecule has 1 saturated carbocycles. The minimum atomic E-state index is 0.363. The molecule has 1 fully saturated rings. The standard InChI is InChI=1S/C15H24ClN3/c1-11(2)8-9-19(13-6-4-5-7-13)14-10-12(3)17-15(16)18-14/h10-11,13H,4-9H2,1-3H3. The highest BCUT2D eigenvalue weighted by molar-refractivity contribution is 6.28. The minimum absolute atomic E-state index is 0.363. The van der Waals surface area contributed by atoms with Gasteiger partial charge in [-0.1, -0.05) is 26.7 Å². The largest absolute Gasteiger partial charge is 0.353 e. The lowest BCUT2D eigenvalue weighted by Crippen LogP contribution is -2.35. The van der Waals surface area contributed by atoms with Gasteiger partial charge in [0.1, 0.15) is 5.82 Å². The van der Waals surface area contributed by atoms with Gasteiger partial charge in [0, 0.05) is 24.3 Å². The van der Waals surface area contributed by atoms with E-state index in [2.05, 4.69) is 34.8 Å². The molecule has 0 radical (unpaired) electrons. The zero-order valence-electron chi connectivity index (χ0n) is 12.2. The molecule has 1 aliphatic rings. The number of halogens is 1. The average molecular weight is 282 g/mol. The molecule has 1 aromatic heterocycles. The van der Waals surface area contributed by atoms with Gasteiger partial charge in [0.25, 0.3) is 0 Å². The van der Waals surface area contributed by atoms with Crippen LogP contribution in [0.5, 0.6) is 0 Å². The van der Waals surface area contributed by atoms with Crippen molar-refractivity contribution in [3.8, 4) is 0 Å². The molecule has 0 atom stereocenters. The van der Waals surface area contributed by atoms with E-state index in [-0.39, 0.29) is 0 Å². The van der Waals surface area contributed by atoms with E-state index in [0.717, 1.165) is 18.1 Å². The molecule has 0 aliphatic heterocycles. The summed E-state index contributed by atoms with van der Waals surface area (Å²) in [4.78, 5) is 11.1. The van der Waals surface area contributed by atoms with Crippen LogP contribution < -0.4 is 4.90 Å². The van der Waals surface area contributed by atoms with Crippen LogP contribution in [0.25, 0.3) is 0 Å². The second-order valence-electron chi connectivity index (χ2n) is 5.95. The molecule has 4 heteroatoms. The average Bonchev–Trinajstić information content (AvgIpc) is 2.81. The van der Waals surface area contributed by atoms with Crippen molar-refractivity contribution in [1.82, 2.24) is 9.97 Å². The van der Waals surface area contributed by atoms with Crippen molar-refractivity contribution in [3.05, 3.63) is 17.0 Å². The number of aryl methyl sites for hydroxylation is 1. The zero-order chi connectivity index (χ0) is 13.8. The molecular weight excluding hydrogens is 258 g/mol. The Morgan fingerprint density at radius 3 is 2.58 bits per heavy atom. The first kappa shape index (κ1) is 14.6. The lowest BCUT2D eigenvalue weighted by molar-refractivity contribution is 0.524. The van der Waals surface area contributed by atoms with Gasteiger partial charge in [-0.25, -0.2) is 9.97 Å². The summed E-state index contributed by atoms with van der Waals surface area (Å²) in [5, 5.41) is 0.363. The van der Waals surface area contributed by atoms with Crippen LogP contribution in [0.4, 0.5) is 5.82 Å². The highest BCUT2D eigenvalue weighted by atomic mass is 35.5. The SMILES string of the molecule is Cc1cc(N(CCC(C)C)C2CCCC2)nc(Cl)n1. The normalized spacial score (nSPS) is 16.3. The van der Waals surface area contributed by atoms with Crippen LogP contribution in [-0.4, -0.2) is 22.6 Å². The molecule has 106 valence electrons. The fourth-order valence-electron chi connectivity index (χ4n) is 2.76. The maximum Gasteiger partial charge on any atom is 0.224 e. The summed E-state index contributed by atoms with van der Waals surface area (Å²) < 4.78 is 0. The molecule has 0 aromatic carbocycles. The Hall–Kier alpha value is -0.830. The van der Waals surface area contributed by atoms with Crippen LogP contribution in [0.3, 0.4) is 0 Å². The second kappa shape index (κ2) is 6.56. The first-order valence-corrected chi connectivity index (χ1v) is 7.72. The summed E-state index contributed by atoms with van der Waals surface area (Å²) in [6.45, 7) is 7.58. The Bertz CT molecular complexity index is 394. The predicted octanol–water partition coefficient (Wildman–Crippen LogP) is 4.23. The lowest BCUT2D eigenvalue weighted by atomic mass is 10.1. The first-order valence-electron chi connectivity index (χ1n) is 7.34. The maximum absolute atomic E-state index is 6.01. The molecule has 1 aliphatic carbocycles. The summed E-state index contributed by atoms with van der Waals surface area (Å²) in [5.74, 6) is 1.72. The van der Waals surface area contributed by atoms with E-state index in [1.54, 1.807) is 0 Å². The Morgan fingerprint density at radius 2 is 2.00 bits per heavy atom. The number of hydrogen-bond acceptors (Lipinski definition) is 3. The molecule has 19 heavy (non-hydrogen) atoms. The molecule has 1 heterocycles. The Balaban J connectivity index is 2.19. The fraction of sp³-hybridized carbons (Fsp3) is 0.733. The molecule has 1 aromatic rings. The molecule has 2 rings (SSSR count). The van der Waals surface area contributed by atoms with E-state index in [1.807, 2.05) is 6.92 Å². The van der Waals surface area contributed by atoms with Gasteiger partial charge in [0.05, 0.1) is 0 Å². The van der Waals surface area contributed by atoms with Gasteiger partial charge in [0.2, 0.25) is 5.28 Å². The van der Waals surface area contributed by atoms with Gasteiger partial charge in [-0.2, -0.15) is 0 Å². The van der Waals surface area contributed by atoms with Crippen LogP contribution in [0.2, 0.25) is 5.28 Å². The Morgan fingerprint density at radius 1 is 1.32 bits per heavy atom. The van der Waals surface area contributed by atoms with Crippen molar-refractivity contribution in [2.75, 3.05) is 11.4 Å². The van der Waals surface area contributed by atoms with Crippen LogP contribution in [0, 0.1) is 12.8 Å². The van der Waals surface area contributed by atoms with E-state index in [4.69, 9.17) is 11.6 Å². The number of aromatic nitrogens is 2. The maximum atomic E-state index is 6.01. The lowest BCUT2D eigenvalue weighted by Gasteiger charge is -2.31. The third kappa shape index (κ3) is 4.07. The van der Waals surface area contributed by atoms with Gasteiger partial charge >= 0.3 is 0 Å². The molecular formula is C15H24ClN3. The van der Waals surface area contributed by atoms with E-state index < -0.39 is 0 Å². The predicted molar refractivity (Wildman–Crippen MR) is 80.8 cm³/mol. The van der Waals surface area contributed by atoms with E-state index in [1.165, 1.54) is 32.1 Å². The van der Waals surface area contributed by atoms with Crippen molar-refractivity contribution in [3.63, 3.8) is 0 Å². The smallest absolute Gasteiger partial charge is 0.224 e. The summed E-state index contributed by atoms with van der Waals surface area (Å²) in [6.07, 6.45) is 6.41. The van der Waals surface area contributed by atoms with E-state index in [9.17, 15) is 0 Å². The molecule has 0 N–H and O–H groups in total. The molecule has 0 bridgehead atoms. The van der Waals surface area contributed by atoms with Gasteiger partial charge in [-0.15, -0.1) is 0 Å². The van der Waals surface area contributed by atoms with Crippen LogP contribution in [0.1, 0.15) is 51.6 Å². The summed E-state index contributed by atoms with van der Waals surface area (Å²) in [6, 6.07) is 2.69. The van der Waals surface area contributed by atoms with E-state index in [0.29, 0.717) is 17.2 Å². The van der Waals surface area contributed by atoms with Crippen molar-refractivity contribution in [2.45, 2.75) is 58.9 Å². The molecule has 0 spiro atoms. The number of hydrogen-bond donors (Lipinski definition) is 0. The number of anilines is 1. The summed E-state index contributed by atoms with van der Waals surface area (Å²) in [5.41, 5.74) is 0.947. The van der Waals surface area contributed by atoms with Gasteiger partial charge in [-0.05, 0) is 43.7 Å². The monoisotopic (exact) mass is 281 g/mol. The first-order chi connectivity index (χ1) is 9.06. The van der Waals surface area contributed by atoms with Crippen molar-refractivity contribution in [1.29, 1.82) is 0 Å². The van der Waals surface area contributed by atoms with Gasteiger partial charge in [-0.3, -0.25) is 0 Å². The van der Waals surface area contributed by atoms with Gasteiger partial charge in [0.15, 0.2) is 0 Å². The van der Waals surface area contributed by atoms with Crippen LogP contribution in [-0.2, 0) is 0 Å². The molecule has 0 saturated heterocycles. The quantitative estimate of drug-likeness (QED) is 0.756. The van der Waals surface area contributed by atoms with Crippen molar-refractivity contribution in [2.24, 2.45) is 5.92 Å². The topological polar surface area (TPSA) is 29.0 Å². The summed E-state index contributed by atoms with van der Waals surface area (Å²) >= 11 is 6.01. The van der Waals surface area contributed by atoms with Gasteiger partial charge < -0.3 is 4.90 Å². The fourth-order valence-corrected chi connectivity index (χ4v) is 2.98. The Labute approximate surface area is 121 Å². The van der Waals surface area contributed by atoms with E-state index >= 15 is 0 Å². The molecule has 0 amide bonds. The third-order valence-corrected chi connectivity index (χ3v) is 3.99.